The third-order valence-electron chi connectivity index (χ3n) is 4.02. The van der Waals surface area contributed by atoms with Crippen molar-refractivity contribution < 1.29 is 9.53 Å². The zero-order valence-corrected chi connectivity index (χ0v) is 11.6. The molecule has 0 unspecified atom stereocenters. The topological polar surface area (TPSA) is 69.3 Å². The molecule has 0 radical (unpaired) electrons. The third-order valence-corrected chi connectivity index (χ3v) is 4.02. The number of hydrogen-bond acceptors (Lipinski definition) is 4. The Hall–Kier alpha value is -2.11. The molecule has 0 fully saturated rings. The summed E-state index contributed by atoms with van der Waals surface area (Å²) in [6.07, 6.45) is 2.58. The highest BCUT2D eigenvalue weighted by atomic mass is 16.5. The molecule has 2 aromatic heterocycles. The summed E-state index contributed by atoms with van der Waals surface area (Å²) in [6.45, 7) is 3.45. The number of aryl methyl sites for hydroxylation is 1. The molecule has 2 aromatic rings. The molecule has 1 aliphatic heterocycles. The summed E-state index contributed by atoms with van der Waals surface area (Å²) in [5, 5.41) is 0. The van der Waals surface area contributed by atoms with Crippen molar-refractivity contribution in [1.82, 2.24) is 9.03 Å². The van der Waals surface area contributed by atoms with Crippen LogP contribution in [-0.4, -0.2) is 15.0 Å². The smallest absolute Gasteiger partial charge is 0.306 e. The van der Waals surface area contributed by atoms with Crippen molar-refractivity contribution in [2.75, 3.05) is 0 Å². The Morgan fingerprint density at radius 2 is 1.45 bits per heavy atom. The summed E-state index contributed by atoms with van der Waals surface area (Å²) in [5.41, 5.74) is 1.94. The fourth-order valence-electron chi connectivity index (χ4n) is 2.81. The maximum atomic E-state index is 12.2. The van der Waals surface area contributed by atoms with Gasteiger partial charge in [0.15, 0.2) is 0 Å². The van der Waals surface area contributed by atoms with Crippen LogP contribution in [0, 0.1) is 13.8 Å². The quantitative estimate of drug-likeness (QED) is 0.660. The number of nitrogens with zero attached hydrogens (tertiary/aromatic N) is 2. The average molecular weight is 276 g/mol. The number of carbonyl (C=O) groups excluding carboxylic acids is 1. The molecule has 106 valence electrons. The third kappa shape index (κ3) is 1.67. The summed E-state index contributed by atoms with van der Waals surface area (Å²) in [4.78, 5) is 36.0. The molecule has 0 bridgehead atoms. The lowest BCUT2D eigenvalue weighted by Crippen LogP contribution is -2.23. The Balaban J connectivity index is 2.33. The molecule has 20 heavy (non-hydrogen) atoms. The molecule has 0 aromatic carbocycles. The fourth-order valence-corrected chi connectivity index (χ4v) is 2.81. The Bertz CT molecular complexity index is 800. The Morgan fingerprint density at radius 1 is 0.850 bits per heavy atom. The predicted molar refractivity (Wildman–Crippen MR) is 71.4 cm³/mol. The van der Waals surface area contributed by atoms with Crippen LogP contribution >= 0.6 is 0 Å². The van der Waals surface area contributed by atoms with Crippen molar-refractivity contribution in [2.24, 2.45) is 0 Å². The van der Waals surface area contributed by atoms with E-state index >= 15 is 0 Å². The maximum absolute atomic E-state index is 12.2. The van der Waals surface area contributed by atoms with Gasteiger partial charge in [-0.05, 0) is 33.1 Å². The largest absolute Gasteiger partial charge is 0.459 e. The molecule has 0 spiro atoms. The highest BCUT2D eigenvalue weighted by molar-refractivity contribution is 5.69. The van der Waals surface area contributed by atoms with Crippen molar-refractivity contribution in [1.29, 1.82) is 0 Å². The Kier molecular flexibility index (Phi) is 2.88. The van der Waals surface area contributed by atoms with Crippen LogP contribution in [0.2, 0.25) is 0 Å². The van der Waals surface area contributed by atoms with Gasteiger partial charge in [0.2, 0.25) is 0 Å². The second kappa shape index (κ2) is 4.47. The van der Waals surface area contributed by atoms with E-state index in [4.69, 9.17) is 4.74 Å². The molecule has 0 aliphatic carbocycles. The molecule has 0 saturated heterocycles. The molecule has 6 nitrogen and oxygen atoms in total. The average Bonchev–Trinajstić information content (AvgIpc) is 2.81. The first-order valence-electron chi connectivity index (χ1n) is 6.76. The number of cyclic esters (lactones) is 1. The molecule has 6 heteroatoms. The van der Waals surface area contributed by atoms with Crippen LogP contribution in [0.1, 0.15) is 41.8 Å². The Labute approximate surface area is 114 Å². The van der Waals surface area contributed by atoms with Crippen LogP contribution in [0.5, 0.6) is 0 Å². The van der Waals surface area contributed by atoms with E-state index in [0.29, 0.717) is 29.7 Å². The van der Waals surface area contributed by atoms with Crippen molar-refractivity contribution in [3.05, 3.63) is 43.2 Å². The lowest BCUT2D eigenvalue weighted by Gasteiger charge is -2.10. The van der Waals surface area contributed by atoms with Gasteiger partial charge in [-0.15, -0.1) is 0 Å². The van der Waals surface area contributed by atoms with Gasteiger partial charge in [-0.25, -0.2) is 4.52 Å². The monoisotopic (exact) mass is 276 g/mol. The van der Waals surface area contributed by atoms with Crippen LogP contribution in [0.15, 0.2) is 9.59 Å². The number of ether oxygens (including phenoxy) is 1. The zero-order chi connectivity index (χ0) is 14.4. The molecule has 0 saturated carbocycles. The summed E-state index contributed by atoms with van der Waals surface area (Å²) in [6, 6.07) is 0. The van der Waals surface area contributed by atoms with Gasteiger partial charge in [-0.2, -0.15) is 4.52 Å². The van der Waals surface area contributed by atoms with Crippen LogP contribution < -0.4 is 11.1 Å². The van der Waals surface area contributed by atoms with Crippen LogP contribution in [0.3, 0.4) is 0 Å². The van der Waals surface area contributed by atoms with Gasteiger partial charge in [0, 0.05) is 23.2 Å². The Morgan fingerprint density at radius 3 is 2.15 bits per heavy atom. The molecule has 3 heterocycles. The van der Waals surface area contributed by atoms with Crippen LogP contribution in [0.25, 0.3) is 0 Å². The van der Waals surface area contributed by atoms with E-state index < -0.39 is 0 Å². The lowest BCUT2D eigenvalue weighted by atomic mass is 10.1. The number of hydrogen-bond donors (Lipinski definition) is 0. The van der Waals surface area contributed by atoms with Gasteiger partial charge in [0.05, 0.1) is 5.69 Å². The SMILES string of the molecule is Cc1c2n3c(c(C)c(=O)n3c1=O)COC(=O)CCCC2. The van der Waals surface area contributed by atoms with Crippen molar-refractivity contribution in [3.63, 3.8) is 0 Å². The number of esters is 1. The maximum Gasteiger partial charge on any atom is 0.306 e. The van der Waals surface area contributed by atoms with Crippen molar-refractivity contribution in [3.8, 4) is 0 Å². The normalized spacial score (nSPS) is 16.4. The van der Waals surface area contributed by atoms with E-state index in [2.05, 4.69) is 0 Å². The number of carbonyl (C=O) groups is 1. The first-order chi connectivity index (χ1) is 9.52. The summed E-state index contributed by atoms with van der Waals surface area (Å²) in [7, 11) is 0. The van der Waals surface area contributed by atoms with Gasteiger partial charge < -0.3 is 4.74 Å². The highest BCUT2D eigenvalue weighted by Gasteiger charge is 2.23. The number of aromatic nitrogens is 2. The minimum absolute atomic E-state index is 0.0387. The summed E-state index contributed by atoms with van der Waals surface area (Å²) < 4.78 is 8.00. The molecular formula is C14H16N2O4. The van der Waals surface area contributed by atoms with Gasteiger partial charge >= 0.3 is 5.97 Å². The molecular weight excluding hydrogens is 260 g/mol. The first kappa shape index (κ1) is 12.9. The fraction of sp³-hybridized carbons (Fsp3) is 0.500. The van der Waals surface area contributed by atoms with Crippen molar-refractivity contribution in [2.45, 2.75) is 46.1 Å². The predicted octanol–water partition coefficient (Wildman–Crippen LogP) is 0.583. The number of rotatable bonds is 0. The van der Waals surface area contributed by atoms with Crippen LogP contribution in [0.4, 0.5) is 0 Å². The minimum Gasteiger partial charge on any atom is -0.459 e. The van der Waals surface area contributed by atoms with Gasteiger partial charge in [-0.1, -0.05) is 0 Å². The molecule has 3 rings (SSSR count). The standard InChI is InChI=1S/C14H16N2O4/c1-8-10-5-3-4-6-12(17)20-7-11-9(2)14(19)16(13(8)18)15(10)11/h3-7H2,1-2H3. The van der Waals surface area contributed by atoms with E-state index in [0.717, 1.165) is 23.1 Å². The second-order valence-electron chi connectivity index (χ2n) is 5.25. The summed E-state index contributed by atoms with van der Waals surface area (Å²) >= 11 is 0. The summed E-state index contributed by atoms with van der Waals surface area (Å²) in [5.74, 6) is -0.258. The van der Waals surface area contributed by atoms with Gasteiger partial charge in [0.25, 0.3) is 11.1 Å². The minimum atomic E-state index is -0.324. The molecule has 0 atom stereocenters. The van der Waals surface area contributed by atoms with E-state index in [1.54, 1.807) is 18.4 Å². The van der Waals surface area contributed by atoms with Crippen LogP contribution in [-0.2, 0) is 22.6 Å². The second-order valence-corrected chi connectivity index (χ2v) is 5.25. The highest BCUT2D eigenvalue weighted by Crippen LogP contribution is 2.16. The molecule has 0 N–H and O–H groups in total. The lowest BCUT2D eigenvalue weighted by molar-refractivity contribution is -0.145. The first-order valence-corrected chi connectivity index (χ1v) is 6.76. The van der Waals surface area contributed by atoms with Gasteiger partial charge in [-0.3, -0.25) is 14.4 Å². The van der Waals surface area contributed by atoms with E-state index in [-0.39, 0.29) is 23.7 Å². The van der Waals surface area contributed by atoms with E-state index in [1.807, 2.05) is 0 Å². The van der Waals surface area contributed by atoms with E-state index in [9.17, 15) is 14.4 Å². The van der Waals surface area contributed by atoms with E-state index in [1.165, 1.54) is 0 Å². The van der Waals surface area contributed by atoms with Crippen molar-refractivity contribution >= 4 is 5.97 Å². The molecule has 1 aliphatic rings. The van der Waals surface area contributed by atoms with Gasteiger partial charge in [0.1, 0.15) is 6.61 Å². The zero-order valence-electron chi connectivity index (χ0n) is 11.6. The molecule has 0 amide bonds.